The molecular formula is C11H8N2O. The van der Waals surface area contributed by atoms with E-state index in [-0.39, 0.29) is 0 Å². The van der Waals surface area contributed by atoms with Crippen molar-refractivity contribution in [3.8, 4) is 0 Å². The normalized spacial score (nSPS) is 9.79. The van der Waals surface area contributed by atoms with Gasteiger partial charge >= 0.3 is 0 Å². The monoisotopic (exact) mass is 184 g/mol. The molecule has 0 aliphatic carbocycles. The first kappa shape index (κ1) is 8.60. The number of nitrogens with zero attached hydrogens (tertiary/aromatic N) is 2. The van der Waals surface area contributed by atoms with Crippen molar-refractivity contribution >= 4 is 22.7 Å². The molecule has 0 unspecified atom stereocenters. The number of benzene rings is 1. The van der Waals surface area contributed by atoms with Crippen LogP contribution in [-0.2, 0) is 4.79 Å². The van der Waals surface area contributed by atoms with Crippen molar-refractivity contribution in [2.75, 3.05) is 0 Å². The van der Waals surface area contributed by atoms with Gasteiger partial charge in [0, 0.05) is 11.6 Å². The summed E-state index contributed by atoms with van der Waals surface area (Å²) in [7, 11) is 0. The highest BCUT2D eigenvalue weighted by molar-refractivity contribution is 5.90. The van der Waals surface area contributed by atoms with Gasteiger partial charge in [-0.25, -0.2) is 4.79 Å². The van der Waals surface area contributed by atoms with Crippen molar-refractivity contribution < 1.29 is 4.79 Å². The first-order chi connectivity index (χ1) is 6.81. The summed E-state index contributed by atoms with van der Waals surface area (Å²) in [6.45, 7) is 2.00. The number of rotatable bonds is 1. The molecule has 14 heavy (non-hydrogen) atoms. The summed E-state index contributed by atoms with van der Waals surface area (Å²) in [6.07, 6.45) is 3.17. The van der Waals surface area contributed by atoms with Gasteiger partial charge < -0.3 is 0 Å². The van der Waals surface area contributed by atoms with E-state index in [1.165, 1.54) is 6.08 Å². The van der Waals surface area contributed by atoms with E-state index in [1.807, 2.05) is 25.1 Å². The zero-order chi connectivity index (χ0) is 9.97. The largest absolute Gasteiger partial charge is 0.256 e. The van der Waals surface area contributed by atoms with Gasteiger partial charge in [-0.15, -0.1) is 0 Å². The molecule has 0 saturated heterocycles. The van der Waals surface area contributed by atoms with Crippen LogP contribution in [0.3, 0.4) is 0 Å². The van der Waals surface area contributed by atoms with Gasteiger partial charge in [-0.3, -0.25) is 4.98 Å². The minimum absolute atomic E-state index is 0.616. The Kier molecular flexibility index (Phi) is 2.09. The fraction of sp³-hybridized carbons (Fsp3) is 0.0909. The fourth-order valence-corrected chi connectivity index (χ4v) is 1.39. The number of aryl methyl sites for hydroxylation is 1. The van der Waals surface area contributed by atoms with Crippen LogP contribution in [0.1, 0.15) is 5.56 Å². The summed E-state index contributed by atoms with van der Waals surface area (Å²) in [5, 5.41) is 0.876. The van der Waals surface area contributed by atoms with Gasteiger partial charge in [0.1, 0.15) is 0 Å². The molecule has 2 rings (SSSR count). The Bertz CT molecular complexity index is 528. The van der Waals surface area contributed by atoms with Crippen LogP contribution in [-0.4, -0.2) is 11.1 Å². The lowest BCUT2D eigenvalue weighted by Gasteiger charge is -2.00. The van der Waals surface area contributed by atoms with Gasteiger partial charge in [0.05, 0.1) is 11.2 Å². The van der Waals surface area contributed by atoms with E-state index < -0.39 is 0 Å². The molecule has 3 heteroatoms. The van der Waals surface area contributed by atoms with E-state index in [1.54, 1.807) is 12.3 Å². The third-order valence-corrected chi connectivity index (χ3v) is 2.04. The van der Waals surface area contributed by atoms with E-state index in [9.17, 15) is 4.79 Å². The molecule has 0 bridgehead atoms. The van der Waals surface area contributed by atoms with Crippen LogP contribution in [0.5, 0.6) is 0 Å². The Morgan fingerprint density at radius 3 is 3.00 bits per heavy atom. The molecule has 0 radical (unpaired) electrons. The number of isocyanates is 1. The molecule has 2 aromatic rings. The van der Waals surface area contributed by atoms with Crippen LogP contribution in [0, 0.1) is 6.92 Å². The quantitative estimate of drug-likeness (QED) is 0.504. The molecular weight excluding hydrogens is 176 g/mol. The number of fused-ring (bicyclic) bond motifs is 1. The van der Waals surface area contributed by atoms with E-state index in [2.05, 4.69) is 9.98 Å². The Balaban J connectivity index is 2.81. The molecule has 1 heterocycles. The molecule has 1 aromatic heterocycles. The summed E-state index contributed by atoms with van der Waals surface area (Å²) in [6, 6.07) is 7.53. The number of hydrogen-bond donors (Lipinski definition) is 0. The second-order valence-corrected chi connectivity index (χ2v) is 3.05. The maximum Gasteiger partial charge on any atom is 0.240 e. The van der Waals surface area contributed by atoms with E-state index in [4.69, 9.17) is 0 Å². The van der Waals surface area contributed by atoms with Crippen LogP contribution in [0.25, 0.3) is 10.9 Å². The third-order valence-electron chi connectivity index (χ3n) is 2.04. The van der Waals surface area contributed by atoms with Gasteiger partial charge in [-0.05, 0) is 24.6 Å². The van der Waals surface area contributed by atoms with Crippen molar-refractivity contribution in [2.45, 2.75) is 6.92 Å². The molecule has 68 valence electrons. The van der Waals surface area contributed by atoms with Crippen molar-refractivity contribution in [1.29, 1.82) is 0 Å². The lowest BCUT2D eigenvalue weighted by atomic mass is 10.1. The van der Waals surface area contributed by atoms with Crippen LogP contribution in [0.2, 0.25) is 0 Å². The van der Waals surface area contributed by atoms with Gasteiger partial charge in [-0.2, -0.15) is 4.99 Å². The summed E-state index contributed by atoms with van der Waals surface area (Å²) >= 11 is 0. The maximum absolute atomic E-state index is 10.2. The highest BCUT2D eigenvalue weighted by Crippen LogP contribution is 2.24. The molecule has 0 amide bonds. The van der Waals surface area contributed by atoms with Crippen LogP contribution >= 0.6 is 0 Å². The summed E-state index contributed by atoms with van der Waals surface area (Å²) < 4.78 is 0. The number of carbonyl (C=O) groups excluding carboxylic acids is 1. The second kappa shape index (κ2) is 3.40. The minimum atomic E-state index is 0.616. The maximum atomic E-state index is 10.2. The molecule has 0 N–H and O–H groups in total. The molecule has 3 nitrogen and oxygen atoms in total. The van der Waals surface area contributed by atoms with Gasteiger partial charge in [0.25, 0.3) is 0 Å². The molecule has 1 aromatic carbocycles. The Hall–Kier alpha value is -1.99. The van der Waals surface area contributed by atoms with E-state index >= 15 is 0 Å². The SMILES string of the molecule is Cc1ccc2c(N=C=O)ccnc2c1. The van der Waals surface area contributed by atoms with Crippen molar-refractivity contribution in [1.82, 2.24) is 4.98 Å². The van der Waals surface area contributed by atoms with Gasteiger partial charge in [-0.1, -0.05) is 12.1 Å². The predicted molar refractivity (Wildman–Crippen MR) is 54.3 cm³/mol. The zero-order valence-corrected chi connectivity index (χ0v) is 7.69. The number of aromatic nitrogens is 1. The van der Waals surface area contributed by atoms with Crippen LogP contribution in [0.15, 0.2) is 35.5 Å². The summed E-state index contributed by atoms with van der Waals surface area (Å²) in [5.41, 5.74) is 2.60. The van der Waals surface area contributed by atoms with E-state index in [0.717, 1.165) is 16.5 Å². The molecule has 0 aliphatic rings. The lowest BCUT2D eigenvalue weighted by Crippen LogP contribution is -1.80. The third kappa shape index (κ3) is 1.41. The van der Waals surface area contributed by atoms with E-state index in [0.29, 0.717) is 5.69 Å². The second-order valence-electron chi connectivity index (χ2n) is 3.05. The number of hydrogen-bond acceptors (Lipinski definition) is 3. The molecule has 0 saturated carbocycles. The number of pyridine rings is 1. The zero-order valence-electron chi connectivity index (χ0n) is 7.69. The molecule has 0 fully saturated rings. The van der Waals surface area contributed by atoms with Crippen LogP contribution < -0.4 is 0 Å². The predicted octanol–water partition coefficient (Wildman–Crippen LogP) is 2.51. The summed E-state index contributed by atoms with van der Waals surface area (Å²) in [5.74, 6) is 0. The first-order valence-corrected chi connectivity index (χ1v) is 4.24. The highest BCUT2D eigenvalue weighted by Gasteiger charge is 1.99. The van der Waals surface area contributed by atoms with Gasteiger partial charge in [0.2, 0.25) is 6.08 Å². The molecule has 0 spiro atoms. The Morgan fingerprint density at radius 2 is 2.21 bits per heavy atom. The van der Waals surface area contributed by atoms with Crippen LogP contribution in [0.4, 0.5) is 5.69 Å². The average molecular weight is 184 g/mol. The smallest absolute Gasteiger partial charge is 0.240 e. The van der Waals surface area contributed by atoms with Crippen molar-refractivity contribution in [3.05, 3.63) is 36.0 Å². The average Bonchev–Trinajstić information content (AvgIpc) is 2.18. The Labute approximate surface area is 81.1 Å². The number of aliphatic imine (C=N–C) groups is 1. The topological polar surface area (TPSA) is 42.3 Å². The first-order valence-electron chi connectivity index (χ1n) is 4.24. The summed E-state index contributed by atoms with van der Waals surface area (Å²) in [4.78, 5) is 18.0. The van der Waals surface area contributed by atoms with Crippen molar-refractivity contribution in [2.24, 2.45) is 4.99 Å². The molecule has 0 atom stereocenters. The van der Waals surface area contributed by atoms with Gasteiger partial charge in [0.15, 0.2) is 0 Å². The fourth-order valence-electron chi connectivity index (χ4n) is 1.39. The standard InChI is InChI=1S/C11H8N2O/c1-8-2-3-9-10(13-7-14)4-5-12-11(9)6-8/h2-6H,1H3. The minimum Gasteiger partial charge on any atom is -0.256 e. The molecule has 0 aliphatic heterocycles. The lowest BCUT2D eigenvalue weighted by molar-refractivity contribution is 0.565. The Morgan fingerprint density at radius 1 is 1.36 bits per heavy atom. The van der Waals surface area contributed by atoms with Crippen molar-refractivity contribution in [3.63, 3.8) is 0 Å². The highest BCUT2D eigenvalue weighted by atomic mass is 16.1.